The molecule has 2 heterocycles. The van der Waals surface area contributed by atoms with Gasteiger partial charge in [-0.2, -0.15) is 0 Å². The molecule has 0 spiro atoms. The van der Waals surface area contributed by atoms with Crippen molar-refractivity contribution in [2.24, 2.45) is 5.92 Å². The summed E-state index contributed by atoms with van der Waals surface area (Å²) in [6, 6.07) is 5.39. The highest BCUT2D eigenvalue weighted by Crippen LogP contribution is 2.47. The number of carboxylic acids is 1. The molecule has 1 aromatic rings. The average Bonchev–Trinajstić information content (AvgIpc) is 3.00. The van der Waals surface area contributed by atoms with Crippen LogP contribution in [0.25, 0.3) is 0 Å². The second kappa shape index (κ2) is 8.88. The number of non-ortho nitro benzene ring substituents is 1. The van der Waals surface area contributed by atoms with Crippen molar-refractivity contribution >= 4 is 40.4 Å². The van der Waals surface area contributed by atoms with Crippen LogP contribution in [0.15, 0.2) is 34.9 Å². The zero-order chi connectivity index (χ0) is 22.9. The second-order valence-corrected chi connectivity index (χ2v) is 8.45. The van der Waals surface area contributed by atoms with Crippen molar-refractivity contribution in [3.8, 4) is 0 Å². The molecule has 2 aliphatic rings. The predicted molar refractivity (Wildman–Crippen MR) is 109 cm³/mol. The molecular formula is C20H20N2O8S. The molecule has 0 aromatic heterocycles. The molecule has 10 nitrogen and oxygen atoms in total. The maximum Gasteiger partial charge on any atom is 0.353 e. The number of aliphatic carboxylic acids is 1. The van der Waals surface area contributed by atoms with Crippen LogP contribution in [-0.4, -0.2) is 50.0 Å². The van der Waals surface area contributed by atoms with Gasteiger partial charge < -0.3 is 14.7 Å². The number of esters is 1. The number of nitro groups is 1. The van der Waals surface area contributed by atoms with Crippen molar-refractivity contribution in [2.45, 2.75) is 45.3 Å². The summed E-state index contributed by atoms with van der Waals surface area (Å²) in [5.41, 5.74) is 0.501. The average molecular weight is 448 g/mol. The fraction of sp³-hybridized carbons (Fsp3) is 0.400. The van der Waals surface area contributed by atoms with Crippen LogP contribution in [0.4, 0.5) is 5.69 Å². The molecule has 1 amide bonds. The molecule has 0 unspecified atom stereocenters. The van der Waals surface area contributed by atoms with Gasteiger partial charge in [0.15, 0.2) is 5.12 Å². The first-order valence-electron chi connectivity index (χ1n) is 9.51. The van der Waals surface area contributed by atoms with Crippen LogP contribution < -0.4 is 0 Å². The lowest BCUT2D eigenvalue weighted by molar-refractivity contribution is -0.384. The third-order valence-corrected chi connectivity index (χ3v) is 6.27. The summed E-state index contributed by atoms with van der Waals surface area (Å²) in [6.45, 7) is 2.82. The SMILES string of the molecule is CC(=O)O[C@@H](C)[C@H]1C(=O)N2C(C(=O)O)=C(SC(=O)CCc3ccc([N+](=O)[O-])cc3)C[C@H]12. The molecule has 1 N–H and O–H groups in total. The van der Waals surface area contributed by atoms with Crippen molar-refractivity contribution in [2.75, 3.05) is 0 Å². The van der Waals surface area contributed by atoms with E-state index in [1.165, 1.54) is 24.0 Å². The zero-order valence-corrected chi connectivity index (χ0v) is 17.6. The molecule has 3 atom stereocenters. The number of carbonyl (C=O) groups excluding carboxylic acids is 3. The summed E-state index contributed by atoms with van der Waals surface area (Å²) >= 11 is 0.798. The molecule has 164 valence electrons. The Balaban J connectivity index is 1.64. The van der Waals surface area contributed by atoms with Crippen LogP contribution in [0.2, 0.25) is 0 Å². The summed E-state index contributed by atoms with van der Waals surface area (Å²) in [4.78, 5) is 59.5. The van der Waals surface area contributed by atoms with E-state index in [1.807, 2.05) is 0 Å². The van der Waals surface area contributed by atoms with Gasteiger partial charge in [-0.1, -0.05) is 23.9 Å². The summed E-state index contributed by atoms with van der Waals surface area (Å²) in [5, 5.41) is 20.0. The zero-order valence-electron chi connectivity index (χ0n) is 16.8. The number of β-lactam (4-membered cyclic amide) rings is 1. The molecule has 0 aliphatic carbocycles. The highest BCUT2D eigenvalue weighted by Gasteiger charge is 2.58. The molecular weight excluding hydrogens is 428 g/mol. The normalized spacial score (nSPS) is 20.7. The van der Waals surface area contributed by atoms with Gasteiger partial charge >= 0.3 is 11.9 Å². The highest BCUT2D eigenvalue weighted by atomic mass is 32.2. The number of carbonyl (C=O) groups is 4. The van der Waals surface area contributed by atoms with Crippen molar-refractivity contribution in [1.29, 1.82) is 0 Å². The third kappa shape index (κ3) is 4.61. The standard InChI is InChI=1S/C20H20N2O8S/c1-10(30-11(2)23)17-14-9-15(18(20(26)27)21(14)19(17)25)31-16(24)8-5-12-3-6-13(7-4-12)22(28)29/h3-4,6-7,10,14,17H,5,8-9H2,1-2H3,(H,26,27)/t10-,14+,17+/m0/s1. The van der Waals surface area contributed by atoms with E-state index in [2.05, 4.69) is 0 Å². The Bertz CT molecular complexity index is 987. The number of nitrogens with zero attached hydrogens (tertiary/aromatic N) is 2. The van der Waals surface area contributed by atoms with Crippen molar-refractivity contribution < 1.29 is 33.9 Å². The van der Waals surface area contributed by atoms with E-state index in [4.69, 9.17) is 4.74 Å². The fourth-order valence-electron chi connectivity index (χ4n) is 3.86. The highest BCUT2D eigenvalue weighted by molar-refractivity contribution is 8.17. The van der Waals surface area contributed by atoms with E-state index < -0.39 is 40.8 Å². The first-order chi connectivity index (χ1) is 14.6. The predicted octanol–water partition coefficient (Wildman–Crippen LogP) is 2.27. The minimum atomic E-state index is -1.29. The first kappa shape index (κ1) is 22.5. The van der Waals surface area contributed by atoms with Crippen molar-refractivity contribution in [1.82, 2.24) is 4.90 Å². The van der Waals surface area contributed by atoms with Crippen LogP contribution in [0.5, 0.6) is 0 Å². The first-order valence-corrected chi connectivity index (χ1v) is 10.3. The Kier molecular flexibility index (Phi) is 6.44. The molecule has 1 saturated heterocycles. The number of benzene rings is 1. The van der Waals surface area contributed by atoms with Gasteiger partial charge in [-0.3, -0.25) is 24.5 Å². The smallest absolute Gasteiger partial charge is 0.353 e. The van der Waals surface area contributed by atoms with Crippen LogP contribution >= 0.6 is 11.8 Å². The van der Waals surface area contributed by atoms with E-state index >= 15 is 0 Å². The van der Waals surface area contributed by atoms with Gasteiger partial charge in [0.25, 0.3) is 5.69 Å². The van der Waals surface area contributed by atoms with Gasteiger partial charge in [0.1, 0.15) is 11.8 Å². The topological polar surface area (TPSA) is 144 Å². The Labute approximate surface area is 181 Å². The quantitative estimate of drug-likeness (QED) is 0.274. The molecule has 3 rings (SSSR count). The number of rotatable bonds is 8. The summed E-state index contributed by atoms with van der Waals surface area (Å²) in [6.07, 6.45) is -0.0384. The minimum Gasteiger partial charge on any atom is -0.477 e. The van der Waals surface area contributed by atoms with Crippen molar-refractivity contribution in [3.63, 3.8) is 0 Å². The number of amides is 1. The number of ether oxygens (including phenoxy) is 1. The number of aryl methyl sites for hydroxylation is 1. The van der Waals surface area contributed by atoms with Gasteiger partial charge in [0, 0.05) is 36.8 Å². The molecule has 0 radical (unpaired) electrons. The molecule has 0 bridgehead atoms. The Morgan fingerprint density at radius 2 is 1.97 bits per heavy atom. The van der Waals surface area contributed by atoms with Crippen LogP contribution in [0, 0.1) is 16.0 Å². The third-order valence-electron chi connectivity index (χ3n) is 5.23. The number of nitro benzene ring substituents is 1. The summed E-state index contributed by atoms with van der Waals surface area (Å²) in [7, 11) is 0. The number of hydrogen-bond donors (Lipinski definition) is 1. The maximum atomic E-state index is 12.5. The molecule has 11 heteroatoms. The largest absolute Gasteiger partial charge is 0.477 e. The van der Waals surface area contributed by atoms with Crippen LogP contribution in [-0.2, 0) is 30.3 Å². The van der Waals surface area contributed by atoms with Crippen molar-refractivity contribution in [3.05, 3.63) is 50.5 Å². The summed E-state index contributed by atoms with van der Waals surface area (Å²) < 4.78 is 5.09. The lowest BCUT2D eigenvalue weighted by atomic mass is 9.83. The van der Waals surface area contributed by atoms with Gasteiger partial charge in [-0.15, -0.1) is 0 Å². The molecule has 2 aliphatic heterocycles. The molecule has 31 heavy (non-hydrogen) atoms. The Morgan fingerprint density at radius 3 is 2.52 bits per heavy atom. The number of hydrogen-bond acceptors (Lipinski definition) is 8. The monoisotopic (exact) mass is 448 g/mol. The van der Waals surface area contributed by atoms with Crippen LogP contribution in [0.1, 0.15) is 32.3 Å². The fourth-order valence-corrected chi connectivity index (χ4v) is 4.88. The second-order valence-electron chi connectivity index (χ2n) is 7.29. The molecule has 0 saturated carbocycles. The van der Waals surface area contributed by atoms with E-state index in [-0.39, 0.29) is 29.3 Å². The van der Waals surface area contributed by atoms with E-state index in [0.29, 0.717) is 11.3 Å². The number of thioether (sulfide) groups is 1. The van der Waals surface area contributed by atoms with E-state index in [9.17, 15) is 34.4 Å². The lowest BCUT2D eigenvalue weighted by Crippen LogP contribution is -2.62. The van der Waals surface area contributed by atoms with E-state index in [1.54, 1.807) is 19.1 Å². The van der Waals surface area contributed by atoms with Gasteiger partial charge in [-0.25, -0.2) is 4.79 Å². The van der Waals surface area contributed by atoms with Gasteiger partial charge in [0.05, 0.1) is 16.9 Å². The summed E-state index contributed by atoms with van der Waals surface area (Å²) in [5.74, 6) is -2.91. The molecule has 1 fully saturated rings. The van der Waals surface area contributed by atoms with Crippen LogP contribution in [0.3, 0.4) is 0 Å². The molecule has 1 aromatic carbocycles. The Hall–Kier alpha value is -3.21. The van der Waals surface area contributed by atoms with Gasteiger partial charge in [-0.05, 0) is 18.9 Å². The minimum absolute atomic E-state index is 0.0432. The van der Waals surface area contributed by atoms with E-state index in [0.717, 1.165) is 17.3 Å². The lowest BCUT2D eigenvalue weighted by Gasteiger charge is -2.45. The van der Waals surface area contributed by atoms with Gasteiger partial charge in [0.2, 0.25) is 5.91 Å². The number of fused-ring (bicyclic) bond motifs is 1. The number of carboxylic acid groups (broad SMARTS) is 1. The maximum absolute atomic E-state index is 12.5. The Morgan fingerprint density at radius 1 is 1.32 bits per heavy atom.